The number of carbonyl (C=O) groups excluding carboxylic acids is 1. The highest BCUT2D eigenvalue weighted by molar-refractivity contribution is 5.85. The van der Waals surface area contributed by atoms with E-state index in [-0.39, 0.29) is 18.3 Å². The maximum absolute atomic E-state index is 12.4. The van der Waals surface area contributed by atoms with Gasteiger partial charge in [-0.3, -0.25) is 4.79 Å². The van der Waals surface area contributed by atoms with Gasteiger partial charge in [0.2, 0.25) is 5.91 Å². The topological polar surface area (TPSA) is 32.3 Å². The van der Waals surface area contributed by atoms with Gasteiger partial charge in [-0.25, -0.2) is 0 Å². The Morgan fingerprint density at radius 1 is 1.10 bits per heavy atom. The molecule has 1 aromatic rings. The third kappa shape index (κ3) is 3.91. The van der Waals surface area contributed by atoms with Gasteiger partial charge in [-0.15, -0.1) is 12.4 Å². The molecule has 2 aliphatic rings. The zero-order chi connectivity index (χ0) is 13.8. The van der Waals surface area contributed by atoms with Crippen LogP contribution in [0.5, 0.6) is 0 Å². The predicted octanol–water partition coefficient (Wildman–Crippen LogP) is 3.70. The summed E-state index contributed by atoms with van der Waals surface area (Å²) in [5, 5.41) is 3.24. The van der Waals surface area contributed by atoms with E-state index < -0.39 is 0 Å². The highest BCUT2D eigenvalue weighted by Crippen LogP contribution is 2.35. The van der Waals surface area contributed by atoms with Crippen molar-refractivity contribution in [2.75, 3.05) is 18.4 Å². The first-order chi connectivity index (χ1) is 9.84. The molecule has 1 aliphatic heterocycles. The van der Waals surface area contributed by atoms with Crippen LogP contribution in [0, 0.1) is 5.92 Å². The average molecular weight is 309 g/mol. The lowest BCUT2D eigenvalue weighted by molar-refractivity contribution is -0.131. The first-order valence-corrected chi connectivity index (χ1v) is 7.93. The van der Waals surface area contributed by atoms with Crippen LogP contribution in [0.25, 0.3) is 0 Å². The van der Waals surface area contributed by atoms with Crippen LogP contribution in [0.3, 0.4) is 0 Å². The number of halogens is 1. The number of para-hydroxylation sites is 1. The summed E-state index contributed by atoms with van der Waals surface area (Å²) >= 11 is 0. The number of rotatable bonds is 4. The number of nitrogens with one attached hydrogen (secondary N) is 1. The van der Waals surface area contributed by atoms with Crippen molar-refractivity contribution in [3.8, 4) is 0 Å². The van der Waals surface area contributed by atoms with Crippen LogP contribution in [-0.4, -0.2) is 29.9 Å². The molecule has 0 spiro atoms. The molecule has 0 aromatic heterocycles. The fourth-order valence-electron chi connectivity index (χ4n) is 3.77. The molecule has 4 heteroatoms. The molecule has 1 N–H and O–H groups in total. The highest BCUT2D eigenvalue weighted by atomic mass is 35.5. The van der Waals surface area contributed by atoms with Gasteiger partial charge in [-0.05, 0) is 43.7 Å². The maximum Gasteiger partial charge on any atom is 0.242 e. The second-order valence-corrected chi connectivity index (χ2v) is 6.06. The molecule has 21 heavy (non-hydrogen) atoms. The summed E-state index contributed by atoms with van der Waals surface area (Å²) in [6.07, 6.45) is 7.73. The van der Waals surface area contributed by atoms with Gasteiger partial charge in [0.1, 0.15) is 0 Å². The summed E-state index contributed by atoms with van der Waals surface area (Å²) in [7, 11) is 0. The van der Waals surface area contributed by atoms with E-state index in [1.165, 1.54) is 38.5 Å². The molecule has 1 atom stereocenters. The van der Waals surface area contributed by atoms with Crippen LogP contribution in [0.2, 0.25) is 0 Å². The van der Waals surface area contributed by atoms with Crippen LogP contribution in [0.1, 0.15) is 38.5 Å². The maximum atomic E-state index is 12.4. The van der Waals surface area contributed by atoms with Gasteiger partial charge in [0.25, 0.3) is 0 Å². The molecular formula is C17H25ClN2O. The number of anilines is 1. The van der Waals surface area contributed by atoms with E-state index in [0.29, 0.717) is 12.6 Å². The number of likely N-dealkylation sites (tertiary alicyclic amines) is 1. The van der Waals surface area contributed by atoms with Crippen LogP contribution in [-0.2, 0) is 4.79 Å². The smallest absolute Gasteiger partial charge is 0.242 e. The zero-order valence-corrected chi connectivity index (χ0v) is 13.3. The van der Waals surface area contributed by atoms with Gasteiger partial charge in [0.15, 0.2) is 0 Å². The van der Waals surface area contributed by atoms with Crippen molar-refractivity contribution >= 4 is 24.0 Å². The quantitative estimate of drug-likeness (QED) is 0.920. The molecule has 0 radical (unpaired) electrons. The third-order valence-corrected chi connectivity index (χ3v) is 4.78. The Balaban J connectivity index is 0.00000161. The van der Waals surface area contributed by atoms with Gasteiger partial charge in [-0.2, -0.15) is 0 Å². The second-order valence-electron chi connectivity index (χ2n) is 6.06. The summed E-state index contributed by atoms with van der Waals surface area (Å²) in [5.74, 6) is 1.03. The van der Waals surface area contributed by atoms with Crippen LogP contribution < -0.4 is 5.32 Å². The molecule has 1 aromatic carbocycles. The minimum Gasteiger partial charge on any atom is -0.376 e. The molecule has 1 amide bonds. The number of hydrogen-bond donors (Lipinski definition) is 1. The standard InChI is InChI=1S/C17H24N2O.ClH/c20-17(13-18-15-9-2-1-3-10-15)19-12-6-11-16(19)14-7-4-5-8-14;/h1-3,9-10,14,16,18H,4-8,11-13H2;1H. The van der Waals surface area contributed by atoms with E-state index in [2.05, 4.69) is 10.2 Å². The highest BCUT2D eigenvalue weighted by Gasteiger charge is 2.35. The molecule has 2 fully saturated rings. The van der Waals surface area contributed by atoms with E-state index in [9.17, 15) is 4.79 Å². The summed E-state index contributed by atoms with van der Waals surface area (Å²) in [6.45, 7) is 1.38. The van der Waals surface area contributed by atoms with Gasteiger partial charge >= 0.3 is 0 Å². The van der Waals surface area contributed by atoms with Crippen molar-refractivity contribution in [2.24, 2.45) is 5.92 Å². The summed E-state index contributed by atoms with van der Waals surface area (Å²) in [5.41, 5.74) is 1.03. The molecule has 1 aliphatic carbocycles. The number of nitrogens with zero attached hydrogens (tertiary/aromatic N) is 1. The van der Waals surface area contributed by atoms with Crippen LogP contribution in [0.4, 0.5) is 5.69 Å². The van der Waals surface area contributed by atoms with Gasteiger partial charge in [-0.1, -0.05) is 31.0 Å². The molecule has 1 saturated heterocycles. The summed E-state index contributed by atoms with van der Waals surface area (Å²) in [6, 6.07) is 10.5. The van der Waals surface area contributed by atoms with E-state index in [1.54, 1.807) is 0 Å². The van der Waals surface area contributed by atoms with Gasteiger partial charge in [0.05, 0.1) is 6.54 Å². The van der Waals surface area contributed by atoms with Crippen molar-refractivity contribution in [3.63, 3.8) is 0 Å². The molecule has 1 saturated carbocycles. The molecular weight excluding hydrogens is 284 g/mol. The Morgan fingerprint density at radius 3 is 2.52 bits per heavy atom. The van der Waals surface area contributed by atoms with E-state index in [4.69, 9.17) is 0 Å². The van der Waals surface area contributed by atoms with E-state index in [1.807, 2.05) is 30.3 Å². The minimum absolute atomic E-state index is 0. The molecule has 1 unspecified atom stereocenters. The molecule has 3 nitrogen and oxygen atoms in total. The van der Waals surface area contributed by atoms with Crippen LogP contribution in [0.15, 0.2) is 30.3 Å². The fraction of sp³-hybridized carbons (Fsp3) is 0.588. The summed E-state index contributed by atoms with van der Waals surface area (Å²) in [4.78, 5) is 14.6. The number of amides is 1. The van der Waals surface area contributed by atoms with Crippen molar-refractivity contribution in [2.45, 2.75) is 44.6 Å². The fourth-order valence-corrected chi connectivity index (χ4v) is 3.77. The largest absolute Gasteiger partial charge is 0.376 e. The third-order valence-electron chi connectivity index (χ3n) is 4.78. The lowest BCUT2D eigenvalue weighted by atomic mass is 9.96. The van der Waals surface area contributed by atoms with Gasteiger partial charge in [0, 0.05) is 18.3 Å². The normalized spacial score (nSPS) is 22.1. The lowest BCUT2D eigenvalue weighted by Gasteiger charge is -2.29. The van der Waals surface area contributed by atoms with Crippen LogP contribution >= 0.6 is 12.4 Å². The van der Waals surface area contributed by atoms with Crippen molar-refractivity contribution in [1.82, 2.24) is 4.90 Å². The summed E-state index contributed by atoms with van der Waals surface area (Å²) < 4.78 is 0. The monoisotopic (exact) mass is 308 g/mol. The second kappa shape index (κ2) is 7.69. The Labute approximate surface area is 133 Å². The Hall–Kier alpha value is -1.22. The Morgan fingerprint density at radius 2 is 1.81 bits per heavy atom. The average Bonchev–Trinajstić information content (AvgIpc) is 3.15. The first kappa shape index (κ1) is 16.2. The van der Waals surface area contributed by atoms with E-state index in [0.717, 1.165) is 18.2 Å². The first-order valence-electron chi connectivity index (χ1n) is 7.93. The lowest BCUT2D eigenvalue weighted by Crippen LogP contribution is -2.42. The molecule has 0 bridgehead atoms. The van der Waals surface area contributed by atoms with E-state index >= 15 is 0 Å². The Kier molecular flexibility index (Phi) is 5.92. The van der Waals surface area contributed by atoms with Gasteiger partial charge < -0.3 is 10.2 Å². The van der Waals surface area contributed by atoms with Crippen molar-refractivity contribution < 1.29 is 4.79 Å². The number of benzene rings is 1. The molecule has 116 valence electrons. The number of carbonyl (C=O) groups is 1. The predicted molar refractivity (Wildman–Crippen MR) is 88.9 cm³/mol. The van der Waals surface area contributed by atoms with Crippen molar-refractivity contribution in [3.05, 3.63) is 30.3 Å². The minimum atomic E-state index is 0. The Bertz CT molecular complexity index is 445. The SMILES string of the molecule is Cl.O=C(CNc1ccccc1)N1CCCC1C1CCCC1. The zero-order valence-electron chi connectivity index (χ0n) is 12.5. The van der Waals surface area contributed by atoms with Crippen molar-refractivity contribution in [1.29, 1.82) is 0 Å². The molecule has 1 heterocycles. The number of hydrogen-bond acceptors (Lipinski definition) is 2. The molecule has 3 rings (SSSR count).